The highest BCUT2D eigenvalue weighted by molar-refractivity contribution is 5.81. The molecular weight excluding hydrogens is 354 g/mol. The van der Waals surface area contributed by atoms with E-state index in [2.05, 4.69) is 19.4 Å². The standard InChI is InChI=1S/C21H29N5O2/c1-17(24-12-14-28-15-13-24)21(27)25-9-5-18(6-10-25)20-23-8-11-26(20)16-19-4-2-3-7-22-19/h2-4,7-8,11,17-18H,5-6,9-10,12-16H2,1H3/t17-/m1/s1. The van der Waals surface area contributed by atoms with Crippen LogP contribution < -0.4 is 0 Å². The summed E-state index contributed by atoms with van der Waals surface area (Å²) in [4.78, 5) is 26.2. The van der Waals surface area contributed by atoms with Gasteiger partial charge in [0.1, 0.15) is 5.82 Å². The lowest BCUT2D eigenvalue weighted by atomic mass is 9.95. The second-order valence-corrected chi connectivity index (χ2v) is 7.66. The van der Waals surface area contributed by atoms with Gasteiger partial charge in [-0.1, -0.05) is 6.07 Å². The molecule has 2 saturated heterocycles. The number of rotatable bonds is 5. The van der Waals surface area contributed by atoms with Crippen LogP contribution >= 0.6 is 0 Å². The molecule has 2 aliphatic heterocycles. The van der Waals surface area contributed by atoms with Gasteiger partial charge in [0, 0.05) is 50.7 Å². The second-order valence-electron chi connectivity index (χ2n) is 7.66. The van der Waals surface area contributed by atoms with E-state index in [1.807, 2.05) is 48.6 Å². The number of likely N-dealkylation sites (tertiary alicyclic amines) is 1. The van der Waals surface area contributed by atoms with E-state index in [-0.39, 0.29) is 11.9 Å². The Kier molecular flexibility index (Phi) is 6.02. The van der Waals surface area contributed by atoms with Gasteiger partial charge in [-0.2, -0.15) is 0 Å². The summed E-state index contributed by atoms with van der Waals surface area (Å²) < 4.78 is 7.60. The molecule has 2 fully saturated rings. The zero-order chi connectivity index (χ0) is 19.3. The Morgan fingerprint density at radius 1 is 1.14 bits per heavy atom. The molecule has 2 aliphatic rings. The fourth-order valence-electron chi connectivity index (χ4n) is 4.22. The molecule has 2 aromatic heterocycles. The van der Waals surface area contributed by atoms with Crippen molar-refractivity contribution in [1.82, 2.24) is 24.3 Å². The first kappa shape index (κ1) is 19.1. The number of pyridine rings is 1. The Bertz CT molecular complexity index is 764. The van der Waals surface area contributed by atoms with Gasteiger partial charge < -0.3 is 14.2 Å². The third-order valence-electron chi connectivity index (χ3n) is 5.93. The summed E-state index contributed by atoms with van der Waals surface area (Å²) in [5.74, 6) is 1.75. The molecule has 150 valence electrons. The van der Waals surface area contributed by atoms with E-state index in [4.69, 9.17) is 4.74 Å². The third-order valence-corrected chi connectivity index (χ3v) is 5.93. The first-order valence-electron chi connectivity index (χ1n) is 10.2. The van der Waals surface area contributed by atoms with Crippen LogP contribution in [0.3, 0.4) is 0 Å². The maximum atomic E-state index is 12.9. The maximum Gasteiger partial charge on any atom is 0.239 e. The molecule has 4 rings (SSSR count). The minimum absolute atomic E-state index is 0.0633. The normalized spacial score (nSPS) is 20.2. The van der Waals surface area contributed by atoms with Gasteiger partial charge in [0.25, 0.3) is 0 Å². The second kappa shape index (κ2) is 8.84. The molecule has 28 heavy (non-hydrogen) atoms. The van der Waals surface area contributed by atoms with Gasteiger partial charge in [-0.05, 0) is 31.9 Å². The highest BCUT2D eigenvalue weighted by Crippen LogP contribution is 2.28. The van der Waals surface area contributed by atoms with E-state index in [1.54, 1.807) is 0 Å². The number of imidazole rings is 1. The average molecular weight is 383 g/mol. The Morgan fingerprint density at radius 3 is 2.64 bits per heavy atom. The van der Waals surface area contributed by atoms with Crippen molar-refractivity contribution in [1.29, 1.82) is 0 Å². The average Bonchev–Trinajstić information content (AvgIpc) is 3.22. The highest BCUT2D eigenvalue weighted by atomic mass is 16.5. The molecule has 1 atom stereocenters. The van der Waals surface area contributed by atoms with Crippen molar-refractivity contribution in [3.8, 4) is 0 Å². The molecule has 0 saturated carbocycles. The molecule has 0 spiro atoms. The molecule has 7 nitrogen and oxygen atoms in total. The molecule has 1 amide bonds. The van der Waals surface area contributed by atoms with E-state index >= 15 is 0 Å². The molecule has 2 aromatic rings. The Labute approximate surface area is 166 Å². The lowest BCUT2D eigenvalue weighted by molar-refractivity contribution is -0.139. The predicted molar refractivity (Wildman–Crippen MR) is 106 cm³/mol. The van der Waals surface area contributed by atoms with Crippen molar-refractivity contribution < 1.29 is 9.53 Å². The van der Waals surface area contributed by atoms with Gasteiger partial charge >= 0.3 is 0 Å². The van der Waals surface area contributed by atoms with Crippen molar-refractivity contribution in [2.75, 3.05) is 39.4 Å². The zero-order valence-electron chi connectivity index (χ0n) is 16.5. The summed E-state index contributed by atoms with van der Waals surface area (Å²) in [6.07, 6.45) is 7.64. The Hall–Kier alpha value is -2.25. The van der Waals surface area contributed by atoms with Crippen molar-refractivity contribution in [2.45, 2.75) is 38.3 Å². The van der Waals surface area contributed by atoms with Crippen LogP contribution in [0.25, 0.3) is 0 Å². The van der Waals surface area contributed by atoms with Gasteiger partial charge in [-0.25, -0.2) is 4.98 Å². The molecule has 0 aliphatic carbocycles. The molecule has 4 heterocycles. The van der Waals surface area contributed by atoms with Gasteiger partial charge in [0.05, 0.1) is 31.5 Å². The van der Waals surface area contributed by atoms with Crippen molar-refractivity contribution in [3.63, 3.8) is 0 Å². The molecule has 0 aromatic carbocycles. The first-order chi connectivity index (χ1) is 13.7. The van der Waals surface area contributed by atoms with Crippen molar-refractivity contribution in [3.05, 3.63) is 48.3 Å². The molecular formula is C21H29N5O2. The zero-order valence-corrected chi connectivity index (χ0v) is 16.5. The van der Waals surface area contributed by atoms with Gasteiger partial charge in [-0.15, -0.1) is 0 Å². The fourth-order valence-corrected chi connectivity index (χ4v) is 4.22. The predicted octanol–water partition coefficient (Wildman–Crippen LogP) is 1.75. The number of morpholine rings is 1. The van der Waals surface area contributed by atoms with Crippen LogP contribution in [0.15, 0.2) is 36.8 Å². The van der Waals surface area contributed by atoms with Crippen LogP contribution in [0.4, 0.5) is 0 Å². The fraction of sp³-hybridized carbons (Fsp3) is 0.571. The quantitative estimate of drug-likeness (QED) is 0.787. The summed E-state index contributed by atoms with van der Waals surface area (Å²) in [5.41, 5.74) is 1.04. The monoisotopic (exact) mass is 383 g/mol. The molecule has 0 N–H and O–H groups in total. The van der Waals surface area contributed by atoms with Crippen LogP contribution in [-0.4, -0.2) is 75.7 Å². The topological polar surface area (TPSA) is 63.5 Å². The molecule has 0 radical (unpaired) electrons. The number of carbonyl (C=O) groups is 1. The smallest absolute Gasteiger partial charge is 0.239 e. The minimum atomic E-state index is -0.0633. The highest BCUT2D eigenvalue weighted by Gasteiger charge is 2.31. The summed E-state index contributed by atoms with van der Waals surface area (Å²) >= 11 is 0. The van der Waals surface area contributed by atoms with Crippen LogP contribution in [0.2, 0.25) is 0 Å². The van der Waals surface area contributed by atoms with Crippen molar-refractivity contribution >= 4 is 5.91 Å². The third kappa shape index (κ3) is 4.25. The number of nitrogens with zero attached hydrogens (tertiary/aromatic N) is 5. The van der Waals surface area contributed by atoms with Gasteiger partial charge in [0.15, 0.2) is 0 Å². The molecule has 7 heteroatoms. The minimum Gasteiger partial charge on any atom is -0.379 e. The number of ether oxygens (including phenoxy) is 1. The largest absolute Gasteiger partial charge is 0.379 e. The molecule has 0 bridgehead atoms. The number of piperidine rings is 1. The molecule has 0 unspecified atom stereocenters. The van der Waals surface area contributed by atoms with E-state index in [1.165, 1.54) is 0 Å². The number of aromatic nitrogens is 3. The summed E-state index contributed by atoms with van der Waals surface area (Å²) in [5, 5.41) is 0. The lowest BCUT2D eigenvalue weighted by Gasteiger charge is -2.37. The number of amides is 1. The summed E-state index contributed by atoms with van der Waals surface area (Å²) in [7, 11) is 0. The Morgan fingerprint density at radius 2 is 1.93 bits per heavy atom. The number of carbonyl (C=O) groups excluding carboxylic acids is 1. The number of hydrogen-bond donors (Lipinski definition) is 0. The maximum absolute atomic E-state index is 12.9. The van der Waals surface area contributed by atoms with Crippen molar-refractivity contribution in [2.24, 2.45) is 0 Å². The lowest BCUT2D eigenvalue weighted by Crippen LogP contribution is -2.52. The van der Waals surface area contributed by atoms with E-state index in [9.17, 15) is 4.79 Å². The van der Waals surface area contributed by atoms with E-state index in [0.717, 1.165) is 70.3 Å². The Balaban J connectivity index is 1.34. The SMILES string of the molecule is C[C@H](C(=O)N1CCC(c2nccn2Cc2ccccn2)CC1)N1CCOCC1. The van der Waals surface area contributed by atoms with Crippen LogP contribution in [0, 0.1) is 0 Å². The van der Waals surface area contributed by atoms with E-state index < -0.39 is 0 Å². The van der Waals surface area contributed by atoms with Crippen LogP contribution in [-0.2, 0) is 16.1 Å². The van der Waals surface area contributed by atoms with Gasteiger partial charge in [-0.3, -0.25) is 14.7 Å². The number of hydrogen-bond acceptors (Lipinski definition) is 5. The van der Waals surface area contributed by atoms with Crippen LogP contribution in [0.5, 0.6) is 0 Å². The first-order valence-corrected chi connectivity index (χ1v) is 10.2. The van der Waals surface area contributed by atoms with Crippen LogP contribution in [0.1, 0.15) is 37.2 Å². The van der Waals surface area contributed by atoms with Gasteiger partial charge in [0.2, 0.25) is 5.91 Å². The summed E-state index contributed by atoms with van der Waals surface area (Å²) in [6.45, 7) is 7.49. The summed E-state index contributed by atoms with van der Waals surface area (Å²) in [6, 6.07) is 5.92. The van der Waals surface area contributed by atoms with E-state index in [0.29, 0.717) is 5.92 Å².